The van der Waals surface area contributed by atoms with E-state index in [1.807, 2.05) is 6.07 Å². The zero-order valence-corrected chi connectivity index (χ0v) is 8.42. The van der Waals surface area contributed by atoms with Crippen molar-refractivity contribution >= 4 is 22.9 Å². The van der Waals surface area contributed by atoms with Crippen LogP contribution in [0.3, 0.4) is 0 Å². The van der Waals surface area contributed by atoms with Gasteiger partial charge in [0, 0.05) is 10.3 Å². The zero-order chi connectivity index (χ0) is 8.60. The standard InChI is InChI=1S/C9H12ClNS/c10-7-1-6-12-8(7)9(2-3-9)4-5-11/h1,6H,2-5,11H2. The molecule has 0 saturated heterocycles. The van der Waals surface area contributed by atoms with E-state index in [4.69, 9.17) is 17.3 Å². The summed E-state index contributed by atoms with van der Waals surface area (Å²) in [6.07, 6.45) is 3.63. The van der Waals surface area contributed by atoms with E-state index >= 15 is 0 Å². The Balaban J connectivity index is 2.24. The van der Waals surface area contributed by atoms with Gasteiger partial charge < -0.3 is 5.73 Å². The van der Waals surface area contributed by atoms with Crippen molar-refractivity contribution in [1.82, 2.24) is 0 Å². The van der Waals surface area contributed by atoms with E-state index in [1.54, 1.807) is 11.3 Å². The van der Waals surface area contributed by atoms with Gasteiger partial charge in [-0.3, -0.25) is 0 Å². The molecule has 12 heavy (non-hydrogen) atoms. The van der Waals surface area contributed by atoms with Crippen LogP contribution in [0.25, 0.3) is 0 Å². The average molecular weight is 202 g/mol. The minimum absolute atomic E-state index is 0.375. The monoisotopic (exact) mass is 201 g/mol. The molecule has 1 heterocycles. The molecule has 0 radical (unpaired) electrons. The van der Waals surface area contributed by atoms with Crippen LogP contribution in [-0.2, 0) is 5.41 Å². The predicted molar refractivity (Wildman–Crippen MR) is 53.9 cm³/mol. The zero-order valence-electron chi connectivity index (χ0n) is 6.85. The molecule has 0 amide bonds. The maximum absolute atomic E-state index is 6.07. The van der Waals surface area contributed by atoms with E-state index in [0.717, 1.165) is 18.0 Å². The van der Waals surface area contributed by atoms with E-state index in [9.17, 15) is 0 Å². The summed E-state index contributed by atoms with van der Waals surface area (Å²) in [5.41, 5.74) is 5.95. The molecule has 1 nitrogen and oxygen atoms in total. The van der Waals surface area contributed by atoms with Crippen molar-refractivity contribution in [3.63, 3.8) is 0 Å². The van der Waals surface area contributed by atoms with Gasteiger partial charge in [0.2, 0.25) is 0 Å². The highest BCUT2D eigenvalue weighted by Crippen LogP contribution is 2.54. The molecule has 1 aliphatic rings. The molecular weight excluding hydrogens is 190 g/mol. The second kappa shape index (κ2) is 3.02. The summed E-state index contributed by atoms with van der Waals surface area (Å²) < 4.78 is 0. The fraction of sp³-hybridized carbons (Fsp3) is 0.556. The lowest BCUT2D eigenvalue weighted by atomic mass is 10.0. The van der Waals surface area contributed by atoms with Crippen molar-refractivity contribution in [2.75, 3.05) is 6.54 Å². The molecule has 0 aliphatic heterocycles. The van der Waals surface area contributed by atoms with Crippen molar-refractivity contribution in [1.29, 1.82) is 0 Å². The molecule has 0 unspecified atom stereocenters. The lowest BCUT2D eigenvalue weighted by molar-refractivity contribution is 0.641. The van der Waals surface area contributed by atoms with Gasteiger partial charge in [-0.05, 0) is 37.3 Å². The first-order chi connectivity index (χ1) is 5.78. The van der Waals surface area contributed by atoms with Gasteiger partial charge >= 0.3 is 0 Å². The Hall–Kier alpha value is -0.0500. The normalized spacial score (nSPS) is 19.5. The molecule has 0 atom stereocenters. The molecule has 1 aromatic heterocycles. The highest BCUT2D eigenvalue weighted by atomic mass is 35.5. The Kier molecular flexibility index (Phi) is 2.15. The number of halogens is 1. The maximum atomic E-state index is 6.07. The summed E-state index contributed by atoms with van der Waals surface area (Å²) in [6, 6.07) is 1.98. The Morgan fingerprint density at radius 3 is 2.75 bits per heavy atom. The molecule has 2 N–H and O–H groups in total. The molecule has 66 valence electrons. The molecule has 1 saturated carbocycles. The summed E-state index contributed by atoms with van der Waals surface area (Å²) in [7, 11) is 0. The number of hydrogen-bond acceptors (Lipinski definition) is 2. The van der Waals surface area contributed by atoms with E-state index in [2.05, 4.69) is 5.38 Å². The van der Waals surface area contributed by atoms with Crippen molar-refractivity contribution in [2.45, 2.75) is 24.7 Å². The highest BCUT2D eigenvalue weighted by molar-refractivity contribution is 7.10. The molecule has 1 aliphatic carbocycles. The van der Waals surface area contributed by atoms with Crippen LogP contribution in [0.1, 0.15) is 24.1 Å². The van der Waals surface area contributed by atoms with Crippen LogP contribution in [0.4, 0.5) is 0 Å². The lowest BCUT2D eigenvalue weighted by Crippen LogP contribution is -2.12. The number of nitrogens with two attached hydrogens (primary N) is 1. The summed E-state index contributed by atoms with van der Waals surface area (Å²) in [5, 5.41) is 3.00. The van der Waals surface area contributed by atoms with Crippen molar-refractivity contribution in [3.8, 4) is 0 Å². The average Bonchev–Trinajstić information content (AvgIpc) is 2.68. The van der Waals surface area contributed by atoms with Crippen LogP contribution in [0.15, 0.2) is 11.4 Å². The van der Waals surface area contributed by atoms with Crippen molar-refractivity contribution in [3.05, 3.63) is 21.3 Å². The largest absolute Gasteiger partial charge is 0.330 e. The SMILES string of the molecule is NCCC1(c2sccc2Cl)CC1. The van der Waals surface area contributed by atoms with Gasteiger partial charge in [-0.15, -0.1) is 11.3 Å². The molecule has 0 aromatic carbocycles. The van der Waals surface area contributed by atoms with E-state index in [0.29, 0.717) is 5.41 Å². The Morgan fingerprint density at radius 1 is 1.58 bits per heavy atom. The Labute approximate surface area is 81.5 Å². The van der Waals surface area contributed by atoms with Gasteiger partial charge in [-0.25, -0.2) is 0 Å². The smallest absolute Gasteiger partial charge is 0.0550 e. The third-order valence-electron chi connectivity index (χ3n) is 2.58. The van der Waals surface area contributed by atoms with Gasteiger partial charge in [0.05, 0.1) is 5.02 Å². The van der Waals surface area contributed by atoms with Crippen LogP contribution < -0.4 is 5.73 Å². The number of hydrogen-bond donors (Lipinski definition) is 1. The van der Waals surface area contributed by atoms with Crippen LogP contribution in [-0.4, -0.2) is 6.54 Å². The fourth-order valence-corrected chi connectivity index (χ4v) is 3.24. The first-order valence-electron chi connectivity index (χ1n) is 4.22. The van der Waals surface area contributed by atoms with Gasteiger partial charge in [-0.2, -0.15) is 0 Å². The lowest BCUT2D eigenvalue weighted by Gasteiger charge is -2.11. The topological polar surface area (TPSA) is 26.0 Å². The minimum atomic E-state index is 0.375. The van der Waals surface area contributed by atoms with Gasteiger partial charge in [0.1, 0.15) is 0 Å². The first-order valence-corrected chi connectivity index (χ1v) is 5.48. The quantitative estimate of drug-likeness (QED) is 0.800. The second-order valence-electron chi connectivity index (χ2n) is 3.42. The van der Waals surface area contributed by atoms with Gasteiger partial charge in [0.15, 0.2) is 0 Å². The molecule has 1 fully saturated rings. The molecule has 0 bridgehead atoms. The van der Waals surface area contributed by atoms with Crippen molar-refractivity contribution in [2.24, 2.45) is 5.73 Å². The molecule has 1 aromatic rings. The van der Waals surface area contributed by atoms with Crippen LogP contribution in [0.5, 0.6) is 0 Å². The fourth-order valence-electron chi connectivity index (χ4n) is 1.69. The molecule has 0 spiro atoms. The van der Waals surface area contributed by atoms with E-state index in [-0.39, 0.29) is 0 Å². The minimum Gasteiger partial charge on any atom is -0.330 e. The number of rotatable bonds is 3. The van der Waals surface area contributed by atoms with E-state index < -0.39 is 0 Å². The third kappa shape index (κ3) is 1.28. The summed E-state index contributed by atoms with van der Waals surface area (Å²) >= 11 is 7.84. The molecule has 2 rings (SSSR count). The van der Waals surface area contributed by atoms with Crippen LogP contribution in [0, 0.1) is 0 Å². The van der Waals surface area contributed by atoms with Gasteiger partial charge in [-0.1, -0.05) is 11.6 Å². The summed E-state index contributed by atoms with van der Waals surface area (Å²) in [5.74, 6) is 0. The molecular formula is C9H12ClNS. The summed E-state index contributed by atoms with van der Waals surface area (Å²) in [6.45, 7) is 0.772. The highest BCUT2D eigenvalue weighted by Gasteiger charge is 2.45. The first kappa shape index (κ1) is 8.54. The van der Waals surface area contributed by atoms with E-state index in [1.165, 1.54) is 17.7 Å². The summed E-state index contributed by atoms with van der Waals surface area (Å²) in [4.78, 5) is 1.36. The maximum Gasteiger partial charge on any atom is 0.0550 e. The predicted octanol–water partition coefficient (Wildman–Crippen LogP) is 2.78. The Bertz CT molecular complexity index is 278. The van der Waals surface area contributed by atoms with Crippen LogP contribution in [0.2, 0.25) is 5.02 Å². The third-order valence-corrected chi connectivity index (χ3v) is 4.16. The van der Waals surface area contributed by atoms with Crippen molar-refractivity contribution < 1.29 is 0 Å². The Morgan fingerprint density at radius 2 is 2.33 bits per heavy atom. The number of thiophene rings is 1. The molecule has 3 heteroatoms. The second-order valence-corrected chi connectivity index (χ2v) is 4.74. The van der Waals surface area contributed by atoms with Crippen LogP contribution >= 0.6 is 22.9 Å². The van der Waals surface area contributed by atoms with Gasteiger partial charge in [0.25, 0.3) is 0 Å².